The minimum absolute atomic E-state index is 0. The molecule has 1 unspecified atom stereocenters. The monoisotopic (exact) mass is 316 g/mol. The van der Waals surface area contributed by atoms with E-state index in [1.165, 1.54) is 16.6 Å². The Morgan fingerprint density at radius 1 is 1.55 bits per heavy atom. The largest absolute Gasteiger partial charge is 0.316 e. The maximum absolute atomic E-state index is 12.5. The van der Waals surface area contributed by atoms with Gasteiger partial charge in [-0.1, -0.05) is 0 Å². The Kier molecular flexibility index (Phi) is 5.89. The number of pyridine rings is 1. The molecule has 1 aliphatic heterocycles. The second-order valence-corrected chi connectivity index (χ2v) is 6.31. The summed E-state index contributed by atoms with van der Waals surface area (Å²) in [5.74, 6) is 0. The first-order chi connectivity index (χ1) is 9.09. The number of piperidine rings is 1. The van der Waals surface area contributed by atoms with Crippen molar-refractivity contribution in [1.29, 1.82) is 5.26 Å². The van der Waals surface area contributed by atoms with Crippen molar-refractivity contribution in [3.8, 4) is 6.07 Å². The first-order valence-electron chi connectivity index (χ1n) is 6.12. The van der Waals surface area contributed by atoms with E-state index in [1.807, 2.05) is 13.1 Å². The van der Waals surface area contributed by atoms with E-state index in [9.17, 15) is 8.42 Å². The molecule has 8 heteroatoms. The van der Waals surface area contributed by atoms with Crippen molar-refractivity contribution >= 4 is 22.4 Å². The Balaban J connectivity index is 0.00000200. The maximum atomic E-state index is 12.5. The summed E-state index contributed by atoms with van der Waals surface area (Å²) in [4.78, 5) is 3.87. The Morgan fingerprint density at radius 3 is 2.95 bits per heavy atom. The van der Waals surface area contributed by atoms with Gasteiger partial charge in [0.15, 0.2) is 5.03 Å². The standard InChI is InChI=1S/C12H16N4O2S.ClH/c1-14-11-5-3-7-16(9-11)19(17,18)12-10(8-13)4-2-6-15-12;/h2,4,6,11,14H,3,5,7,9H2,1H3;1H. The van der Waals surface area contributed by atoms with Crippen molar-refractivity contribution in [2.24, 2.45) is 0 Å². The van der Waals surface area contributed by atoms with Gasteiger partial charge in [0.2, 0.25) is 0 Å². The molecule has 1 saturated heterocycles. The van der Waals surface area contributed by atoms with Gasteiger partial charge in [0.1, 0.15) is 6.07 Å². The molecular weight excluding hydrogens is 300 g/mol. The number of halogens is 1. The van der Waals surface area contributed by atoms with Gasteiger partial charge in [-0.25, -0.2) is 13.4 Å². The molecule has 1 N–H and O–H groups in total. The molecular formula is C12H17ClN4O2S. The summed E-state index contributed by atoms with van der Waals surface area (Å²) >= 11 is 0. The fourth-order valence-electron chi connectivity index (χ4n) is 2.20. The van der Waals surface area contributed by atoms with Gasteiger partial charge in [-0.3, -0.25) is 0 Å². The molecule has 1 aromatic heterocycles. The number of hydrogen-bond acceptors (Lipinski definition) is 5. The lowest BCUT2D eigenvalue weighted by Crippen LogP contribution is -2.47. The van der Waals surface area contributed by atoms with Gasteiger partial charge in [0.05, 0.1) is 5.56 Å². The third-order valence-corrected chi connectivity index (χ3v) is 5.09. The summed E-state index contributed by atoms with van der Waals surface area (Å²) in [5.41, 5.74) is 0.0917. The van der Waals surface area contributed by atoms with Crippen molar-refractivity contribution in [3.05, 3.63) is 23.9 Å². The molecule has 6 nitrogen and oxygen atoms in total. The summed E-state index contributed by atoms with van der Waals surface area (Å²) in [7, 11) is -1.87. The lowest BCUT2D eigenvalue weighted by molar-refractivity contribution is 0.292. The first kappa shape index (κ1) is 16.9. The molecule has 0 aromatic carbocycles. The third kappa shape index (κ3) is 3.27. The summed E-state index contributed by atoms with van der Waals surface area (Å²) < 4.78 is 26.4. The number of sulfonamides is 1. The van der Waals surface area contributed by atoms with Crippen LogP contribution in [0.1, 0.15) is 18.4 Å². The summed E-state index contributed by atoms with van der Waals surface area (Å²) in [6.07, 6.45) is 3.16. The van der Waals surface area contributed by atoms with Crippen LogP contribution in [-0.4, -0.2) is 43.9 Å². The highest BCUT2D eigenvalue weighted by Crippen LogP contribution is 2.21. The van der Waals surface area contributed by atoms with Crippen LogP contribution in [0.3, 0.4) is 0 Å². The quantitative estimate of drug-likeness (QED) is 0.889. The molecule has 0 spiro atoms. The number of rotatable bonds is 3. The molecule has 1 fully saturated rings. The molecule has 0 aliphatic carbocycles. The average Bonchev–Trinajstić information content (AvgIpc) is 2.47. The molecule has 1 atom stereocenters. The van der Waals surface area contributed by atoms with E-state index in [0.29, 0.717) is 13.1 Å². The molecule has 0 amide bonds. The predicted molar refractivity (Wildman–Crippen MR) is 77.0 cm³/mol. The highest BCUT2D eigenvalue weighted by molar-refractivity contribution is 7.89. The van der Waals surface area contributed by atoms with Crippen LogP contribution in [0.5, 0.6) is 0 Å². The third-order valence-electron chi connectivity index (χ3n) is 3.27. The first-order valence-corrected chi connectivity index (χ1v) is 7.56. The van der Waals surface area contributed by atoms with E-state index in [0.717, 1.165) is 12.8 Å². The summed E-state index contributed by atoms with van der Waals surface area (Å²) in [6, 6.07) is 5.06. The van der Waals surface area contributed by atoms with Crippen LogP contribution in [0.15, 0.2) is 23.4 Å². The minimum atomic E-state index is -3.69. The van der Waals surface area contributed by atoms with Crippen molar-refractivity contribution in [1.82, 2.24) is 14.6 Å². The smallest absolute Gasteiger partial charge is 0.261 e. The van der Waals surface area contributed by atoms with E-state index in [1.54, 1.807) is 6.07 Å². The maximum Gasteiger partial charge on any atom is 0.261 e. The Morgan fingerprint density at radius 2 is 2.30 bits per heavy atom. The zero-order chi connectivity index (χ0) is 13.9. The van der Waals surface area contributed by atoms with Crippen LogP contribution in [0, 0.1) is 11.3 Å². The van der Waals surface area contributed by atoms with Crippen LogP contribution >= 0.6 is 12.4 Å². The lowest BCUT2D eigenvalue weighted by atomic mass is 10.1. The van der Waals surface area contributed by atoms with Gasteiger partial charge in [-0.15, -0.1) is 12.4 Å². The van der Waals surface area contributed by atoms with Crippen molar-refractivity contribution in [3.63, 3.8) is 0 Å². The molecule has 1 aliphatic rings. The lowest BCUT2D eigenvalue weighted by Gasteiger charge is -2.31. The number of nitriles is 1. The Hall–Kier alpha value is -1.20. The van der Waals surface area contributed by atoms with Gasteiger partial charge in [0, 0.05) is 25.3 Å². The summed E-state index contributed by atoms with van der Waals surface area (Å²) in [6.45, 7) is 0.891. The highest BCUT2D eigenvalue weighted by Gasteiger charge is 2.32. The Labute approximate surface area is 125 Å². The zero-order valence-corrected chi connectivity index (χ0v) is 12.7. The number of aromatic nitrogens is 1. The van der Waals surface area contributed by atoms with E-state index >= 15 is 0 Å². The average molecular weight is 317 g/mol. The zero-order valence-electron chi connectivity index (χ0n) is 11.1. The van der Waals surface area contributed by atoms with Gasteiger partial charge < -0.3 is 5.32 Å². The van der Waals surface area contributed by atoms with E-state index < -0.39 is 10.0 Å². The van der Waals surface area contributed by atoms with Crippen LogP contribution in [0.4, 0.5) is 0 Å². The van der Waals surface area contributed by atoms with E-state index in [2.05, 4.69) is 10.3 Å². The highest BCUT2D eigenvalue weighted by atomic mass is 35.5. The van der Waals surface area contributed by atoms with E-state index in [4.69, 9.17) is 5.26 Å². The van der Waals surface area contributed by atoms with Gasteiger partial charge in [-0.05, 0) is 32.0 Å². The van der Waals surface area contributed by atoms with Crippen molar-refractivity contribution in [2.75, 3.05) is 20.1 Å². The predicted octanol–water partition coefficient (Wildman–Crippen LogP) is 0.748. The second kappa shape index (κ2) is 6.99. The van der Waals surface area contributed by atoms with Gasteiger partial charge in [0.25, 0.3) is 10.0 Å². The normalized spacial score (nSPS) is 19.9. The van der Waals surface area contributed by atoms with Crippen molar-refractivity contribution in [2.45, 2.75) is 23.9 Å². The minimum Gasteiger partial charge on any atom is -0.316 e. The van der Waals surface area contributed by atoms with Crippen LogP contribution in [0.2, 0.25) is 0 Å². The SMILES string of the molecule is CNC1CCCN(S(=O)(=O)c2ncccc2C#N)C1.Cl. The van der Waals surface area contributed by atoms with Gasteiger partial charge in [-0.2, -0.15) is 9.57 Å². The topological polar surface area (TPSA) is 86.1 Å². The molecule has 2 rings (SSSR count). The molecule has 0 saturated carbocycles. The molecule has 0 radical (unpaired) electrons. The second-order valence-electron chi connectivity index (χ2n) is 4.46. The molecule has 20 heavy (non-hydrogen) atoms. The summed E-state index contributed by atoms with van der Waals surface area (Å²) in [5, 5.41) is 11.9. The Bertz CT molecular complexity index is 600. The van der Waals surface area contributed by atoms with Crippen LogP contribution in [-0.2, 0) is 10.0 Å². The van der Waals surface area contributed by atoms with Gasteiger partial charge >= 0.3 is 0 Å². The number of hydrogen-bond donors (Lipinski definition) is 1. The molecule has 110 valence electrons. The number of nitrogens with zero attached hydrogens (tertiary/aromatic N) is 3. The number of likely N-dealkylation sites (N-methyl/N-ethyl adjacent to an activating group) is 1. The fraction of sp³-hybridized carbons (Fsp3) is 0.500. The molecule has 2 heterocycles. The molecule has 1 aromatic rings. The van der Waals surface area contributed by atoms with Crippen molar-refractivity contribution < 1.29 is 8.42 Å². The van der Waals surface area contributed by atoms with E-state index in [-0.39, 0.29) is 29.0 Å². The fourth-order valence-corrected chi connectivity index (χ4v) is 3.78. The number of nitrogens with one attached hydrogen (secondary N) is 1. The van der Waals surface area contributed by atoms with Crippen LogP contribution in [0.25, 0.3) is 0 Å². The van der Waals surface area contributed by atoms with Crippen LogP contribution < -0.4 is 5.32 Å². The molecule has 0 bridgehead atoms.